The third-order valence-corrected chi connectivity index (χ3v) is 2.23. The number of hydrogen-bond donors (Lipinski definition) is 0. The molecule has 0 fully saturated rings. The molecule has 16 heavy (non-hydrogen) atoms. The van der Waals surface area contributed by atoms with Crippen LogP contribution in [0.1, 0.15) is 5.56 Å². The van der Waals surface area contributed by atoms with E-state index < -0.39 is 0 Å². The van der Waals surface area contributed by atoms with Gasteiger partial charge in [0.05, 0.1) is 0 Å². The van der Waals surface area contributed by atoms with Crippen molar-refractivity contribution >= 4 is 23.1 Å². The first-order chi connectivity index (χ1) is 6.38. The number of halogens is 2. The van der Waals surface area contributed by atoms with E-state index in [0.717, 1.165) is 0 Å². The zero-order chi connectivity index (χ0) is 9.10. The van der Waals surface area contributed by atoms with Crippen molar-refractivity contribution in [2.24, 2.45) is 0 Å². The first-order valence-corrected chi connectivity index (χ1v) is 4.49. The number of rotatable bonds is 1. The molecule has 0 aliphatic rings. The van der Waals surface area contributed by atoms with E-state index >= 15 is 0 Å². The molecular weight excluding hydrogens is 340 g/mol. The predicted molar refractivity (Wildman–Crippen MR) is 62.4 cm³/mol. The number of aryl methyl sites for hydroxylation is 1. The van der Waals surface area contributed by atoms with E-state index in [1.165, 1.54) is 16.7 Å². The van der Waals surface area contributed by atoms with Crippen molar-refractivity contribution in [3.8, 4) is 11.1 Å². The van der Waals surface area contributed by atoms with E-state index in [1.54, 1.807) is 0 Å². The summed E-state index contributed by atoms with van der Waals surface area (Å²) in [7, 11) is 0. The van der Waals surface area contributed by atoms with Gasteiger partial charge in [0.25, 0.3) is 0 Å². The minimum Gasteiger partial charge on any atom is -1.00 e. The maximum atomic E-state index is 2.16. The van der Waals surface area contributed by atoms with Crippen molar-refractivity contribution in [2.45, 2.75) is 6.92 Å². The molecule has 0 aliphatic heterocycles. The molecule has 2 aromatic rings. The first kappa shape index (κ1) is 18.5. The molecule has 0 saturated heterocycles. The molecule has 0 heterocycles. The summed E-state index contributed by atoms with van der Waals surface area (Å²) in [4.78, 5) is 0. The van der Waals surface area contributed by atoms with E-state index in [9.17, 15) is 0 Å². The van der Waals surface area contributed by atoms with Gasteiger partial charge < -0.3 is 34.0 Å². The first-order valence-electron chi connectivity index (χ1n) is 4.49. The van der Waals surface area contributed by atoms with Gasteiger partial charge in [-0.05, 0) is 23.6 Å². The number of hydrogen-bond acceptors (Lipinski definition) is 0. The summed E-state index contributed by atoms with van der Waals surface area (Å²) >= 11 is 0. The number of benzene rings is 2. The fourth-order valence-electron chi connectivity index (χ4n) is 1.51. The molecule has 0 amide bonds. The fourth-order valence-corrected chi connectivity index (χ4v) is 1.51. The summed E-state index contributed by atoms with van der Waals surface area (Å²) in [6, 6.07) is 18.9. The van der Waals surface area contributed by atoms with Crippen LogP contribution in [0.15, 0.2) is 54.6 Å². The molecule has 2 rings (SSSR count). The van der Waals surface area contributed by atoms with E-state index in [-0.39, 0.29) is 57.0 Å². The summed E-state index contributed by atoms with van der Waals surface area (Å²) in [6.45, 7) is 2.14. The van der Waals surface area contributed by atoms with Crippen molar-refractivity contribution in [3.63, 3.8) is 0 Å². The van der Waals surface area contributed by atoms with Crippen molar-refractivity contribution < 1.29 is 34.0 Å². The molecular formula is C13H12Br2Mg. The van der Waals surface area contributed by atoms with Gasteiger partial charge in [-0.2, -0.15) is 0 Å². The third kappa shape index (κ3) is 4.58. The predicted octanol–water partition coefficient (Wildman–Crippen LogP) is -2.71. The van der Waals surface area contributed by atoms with Crippen molar-refractivity contribution in [1.29, 1.82) is 0 Å². The Bertz CT molecular complexity index is 402. The van der Waals surface area contributed by atoms with Crippen LogP contribution in [0.2, 0.25) is 0 Å². The van der Waals surface area contributed by atoms with Crippen molar-refractivity contribution in [2.75, 3.05) is 0 Å². The summed E-state index contributed by atoms with van der Waals surface area (Å²) in [5.74, 6) is 0. The minimum atomic E-state index is 0. The molecule has 2 aromatic carbocycles. The maximum Gasteiger partial charge on any atom is 2.00 e. The summed E-state index contributed by atoms with van der Waals surface area (Å²) in [5.41, 5.74) is 3.94. The Labute approximate surface area is 134 Å². The van der Waals surface area contributed by atoms with Gasteiger partial charge in [-0.15, -0.1) is 0 Å². The van der Waals surface area contributed by atoms with Gasteiger partial charge in [-0.1, -0.05) is 54.6 Å². The summed E-state index contributed by atoms with van der Waals surface area (Å²) in [6.07, 6.45) is 0. The molecule has 0 bridgehead atoms. The molecule has 0 saturated carbocycles. The Morgan fingerprint density at radius 1 is 0.688 bits per heavy atom. The Hall–Kier alpha value is 0.166. The van der Waals surface area contributed by atoms with Crippen LogP contribution < -0.4 is 34.0 Å². The second kappa shape index (κ2) is 9.22. The quantitative estimate of drug-likeness (QED) is 0.490. The van der Waals surface area contributed by atoms with Gasteiger partial charge in [0.2, 0.25) is 0 Å². The zero-order valence-electron chi connectivity index (χ0n) is 9.16. The minimum absolute atomic E-state index is 0. The Balaban J connectivity index is 0. The summed E-state index contributed by atoms with van der Waals surface area (Å²) in [5, 5.41) is 0. The topological polar surface area (TPSA) is 0 Å². The molecule has 0 nitrogen and oxygen atoms in total. The van der Waals surface area contributed by atoms with Crippen LogP contribution in [0.5, 0.6) is 0 Å². The second-order valence-corrected chi connectivity index (χ2v) is 3.18. The molecule has 0 N–H and O–H groups in total. The fraction of sp³-hybridized carbons (Fsp3) is 0.0769. The van der Waals surface area contributed by atoms with Crippen LogP contribution in [0.4, 0.5) is 0 Å². The molecule has 0 aromatic heterocycles. The van der Waals surface area contributed by atoms with Crippen molar-refractivity contribution in [3.05, 3.63) is 60.2 Å². The van der Waals surface area contributed by atoms with Crippen LogP contribution in [-0.4, -0.2) is 23.1 Å². The third-order valence-electron chi connectivity index (χ3n) is 2.23. The average molecular weight is 352 g/mol. The normalized spacial score (nSPS) is 8.06. The molecule has 0 radical (unpaired) electrons. The Morgan fingerprint density at radius 2 is 1.19 bits per heavy atom. The van der Waals surface area contributed by atoms with E-state index in [0.29, 0.717) is 0 Å². The second-order valence-electron chi connectivity index (χ2n) is 3.18. The van der Waals surface area contributed by atoms with Crippen LogP contribution in [0.25, 0.3) is 11.1 Å². The molecule has 0 atom stereocenters. The van der Waals surface area contributed by atoms with E-state index in [2.05, 4.69) is 55.5 Å². The monoisotopic (exact) mass is 350 g/mol. The van der Waals surface area contributed by atoms with Crippen LogP contribution >= 0.6 is 0 Å². The van der Waals surface area contributed by atoms with Gasteiger partial charge in [0.1, 0.15) is 0 Å². The van der Waals surface area contributed by atoms with E-state index in [1.807, 2.05) is 6.07 Å². The van der Waals surface area contributed by atoms with Gasteiger partial charge in [0, 0.05) is 0 Å². The SMILES string of the molecule is Cc1ccccc1-c1ccccc1.[Br-].[Br-].[Mg+2]. The van der Waals surface area contributed by atoms with E-state index in [4.69, 9.17) is 0 Å². The van der Waals surface area contributed by atoms with Gasteiger partial charge >= 0.3 is 23.1 Å². The van der Waals surface area contributed by atoms with Gasteiger partial charge in [-0.3, -0.25) is 0 Å². The Kier molecular flexibility index (Phi) is 10.7. The van der Waals surface area contributed by atoms with Crippen LogP contribution in [-0.2, 0) is 0 Å². The van der Waals surface area contributed by atoms with Crippen molar-refractivity contribution in [1.82, 2.24) is 0 Å². The van der Waals surface area contributed by atoms with Crippen LogP contribution in [0.3, 0.4) is 0 Å². The molecule has 0 aliphatic carbocycles. The Morgan fingerprint density at radius 3 is 1.75 bits per heavy atom. The average Bonchev–Trinajstić information content (AvgIpc) is 2.20. The molecule has 80 valence electrons. The van der Waals surface area contributed by atoms with Gasteiger partial charge in [-0.25, -0.2) is 0 Å². The summed E-state index contributed by atoms with van der Waals surface area (Å²) < 4.78 is 0. The van der Waals surface area contributed by atoms with Gasteiger partial charge in [0.15, 0.2) is 0 Å². The van der Waals surface area contributed by atoms with Crippen LogP contribution in [0, 0.1) is 6.92 Å². The largest absolute Gasteiger partial charge is 2.00 e. The standard InChI is InChI=1S/C13H12.2BrH.Mg/c1-11-7-5-6-10-13(11)12-8-3-2-4-9-12;;;/h2-10H,1H3;2*1H;/q;;;+2/p-2. The maximum absolute atomic E-state index is 2.16. The smallest absolute Gasteiger partial charge is 1.00 e. The zero-order valence-corrected chi connectivity index (χ0v) is 13.7. The molecule has 0 spiro atoms. The molecule has 3 heteroatoms. The molecule has 0 unspecified atom stereocenters.